The van der Waals surface area contributed by atoms with Crippen LogP contribution in [0.5, 0.6) is 0 Å². The van der Waals surface area contributed by atoms with E-state index in [0.29, 0.717) is 23.6 Å². The zero-order chi connectivity index (χ0) is 16.8. The molecule has 4 nitrogen and oxygen atoms in total. The fourth-order valence-electron chi connectivity index (χ4n) is 2.34. The van der Waals surface area contributed by atoms with Gasteiger partial charge in [-0.3, -0.25) is 4.79 Å². The lowest BCUT2D eigenvalue weighted by molar-refractivity contribution is -0.140. The molecule has 0 heterocycles. The average Bonchev–Trinajstić information content (AvgIpc) is 2.54. The monoisotopic (exact) mass is 332 g/mol. The number of methoxy groups -OCH3 is 1. The Labute approximate surface area is 141 Å². The van der Waals surface area contributed by atoms with Gasteiger partial charge < -0.3 is 15.8 Å². The molecule has 0 bridgehead atoms. The number of ether oxygens (including phenoxy) is 1. The van der Waals surface area contributed by atoms with Crippen molar-refractivity contribution in [2.75, 3.05) is 18.2 Å². The van der Waals surface area contributed by atoms with Crippen LogP contribution in [0.15, 0.2) is 42.5 Å². The van der Waals surface area contributed by atoms with E-state index in [2.05, 4.69) is 17.0 Å². The van der Waals surface area contributed by atoms with Gasteiger partial charge in [0, 0.05) is 17.5 Å². The fraction of sp³-hybridized carbons (Fsp3) is 0.278. The maximum absolute atomic E-state index is 11.2. The molecule has 0 aliphatic carbocycles. The van der Waals surface area contributed by atoms with Gasteiger partial charge >= 0.3 is 5.97 Å². The molecule has 1 atom stereocenters. The molecule has 3 N–H and O–H groups in total. The average molecular weight is 333 g/mol. The van der Waals surface area contributed by atoms with Crippen molar-refractivity contribution < 1.29 is 9.53 Å². The highest BCUT2D eigenvalue weighted by atomic mass is 35.5. The van der Waals surface area contributed by atoms with Crippen LogP contribution >= 0.6 is 11.6 Å². The molecule has 0 radical (unpaired) electrons. The molecule has 23 heavy (non-hydrogen) atoms. The first kappa shape index (κ1) is 17.2. The molecule has 2 rings (SSSR count). The second kappa shape index (κ2) is 7.88. The van der Waals surface area contributed by atoms with Crippen molar-refractivity contribution in [2.24, 2.45) is 0 Å². The second-order valence-electron chi connectivity index (χ2n) is 5.42. The van der Waals surface area contributed by atoms with Gasteiger partial charge in [0.2, 0.25) is 0 Å². The number of esters is 1. The zero-order valence-electron chi connectivity index (χ0n) is 13.3. The highest BCUT2D eigenvalue weighted by Gasteiger charge is 2.09. The first-order valence-electron chi connectivity index (χ1n) is 7.47. The number of benzene rings is 2. The molecule has 2 aromatic rings. The fourth-order valence-corrected chi connectivity index (χ4v) is 2.54. The maximum atomic E-state index is 11.2. The summed E-state index contributed by atoms with van der Waals surface area (Å²) in [6, 6.07) is 13.6. The molecule has 0 spiro atoms. The van der Waals surface area contributed by atoms with Gasteiger partial charge in [0.05, 0.1) is 18.5 Å². The molecule has 0 fully saturated rings. The number of aryl methyl sites for hydroxylation is 1. The summed E-state index contributed by atoms with van der Waals surface area (Å²) in [4.78, 5) is 11.2. The van der Waals surface area contributed by atoms with Gasteiger partial charge in [-0.1, -0.05) is 29.8 Å². The van der Waals surface area contributed by atoms with Gasteiger partial charge in [-0.2, -0.15) is 0 Å². The highest BCUT2D eigenvalue weighted by molar-refractivity contribution is 6.30. The first-order chi connectivity index (χ1) is 11.0. The molecule has 0 saturated carbocycles. The Bertz CT molecular complexity index is 688. The predicted molar refractivity (Wildman–Crippen MR) is 94.7 cm³/mol. The van der Waals surface area contributed by atoms with E-state index in [4.69, 9.17) is 17.3 Å². The zero-order valence-corrected chi connectivity index (χ0v) is 14.1. The van der Waals surface area contributed by atoms with Crippen molar-refractivity contribution in [3.05, 3.63) is 58.6 Å². The van der Waals surface area contributed by atoms with E-state index in [-0.39, 0.29) is 12.0 Å². The van der Waals surface area contributed by atoms with Crippen LogP contribution in [0.25, 0.3) is 0 Å². The molecule has 122 valence electrons. The van der Waals surface area contributed by atoms with E-state index in [0.717, 1.165) is 16.8 Å². The number of carbonyl (C=O) groups is 1. The lowest BCUT2D eigenvalue weighted by Crippen LogP contribution is -2.09. The molecule has 0 amide bonds. The van der Waals surface area contributed by atoms with E-state index >= 15 is 0 Å². The van der Waals surface area contributed by atoms with Gasteiger partial charge in [0.15, 0.2) is 0 Å². The Balaban J connectivity index is 2.04. The number of hydrogen-bond acceptors (Lipinski definition) is 4. The first-order valence-corrected chi connectivity index (χ1v) is 7.84. The third kappa shape index (κ3) is 4.89. The summed E-state index contributed by atoms with van der Waals surface area (Å²) in [7, 11) is 1.39. The largest absolute Gasteiger partial charge is 0.469 e. The molecule has 0 aliphatic heterocycles. The molecule has 0 aromatic heterocycles. The number of anilines is 2. The molecule has 0 aliphatic rings. The summed E-state index contributed by atoms with van der Waals surface area (Å²) in [5.74, 6) is -0.222. The molecule has 5 heteroatoms. The van der Waals surface area contributed by atoms with Crippen LogP contribution in [-0.2, 0) is 16.0 Å². The normalized spacial score (nSPS) is 11.8. The van der Waals surface area contributed by atoms with Gasteiger partial charge in [-0.05, 0) is 48.7 Å². The highest BCUT2D eigenvalue weighted by Crippen LogP contribution is 2.26. The standard InChI is InChI=1S/C18H21ClN2O2/c1-12(14-4-3-5-15(19)11-14)21-17-8-6-13(10-16(17)20)7-9-18(22)23-2/h3-6,8,10-12,21H,7,9,20H2,1-2H3/t12-/m1/s1. The Hall–Kier alpha value is -2.20. The smallest absolute Gasteiger partial charge is 0.305 e. The van der Waals surface area contributed by atoms with Crippen molar-refractivity contribution in [2.45, 2.75) is 25.8 Å². The lowest BCUT2D eigenvalue weighted by Gasteiger charge is -2.18. The van der Waals surface area contributed by atoms with Crippen LogP contribution in [0.1, 0.15) is 30.5 Å². The van der Waals surface area contributed by atoms with Crippen molar-refractivity contribution >= 4 is 28.9 Å². The summed E-state index contributed by atoms with van der Waals surface area (Å²) >= 11 is 6.03. The Kier molecular flexibility index (Phi) is 5.88. The summed E-state index contributed by atoms with van der Waals surface area (Å²) in [6.07, 6.45) is 0.961. The third-order valence-corrected chi connectivity index (χ3v) is 3.92. The number of carbonyl (C=O) groups excluding carboxylic acids is 1. The Morgan fingerprint density at radius 2 is 2.09 bits per heavy atom. The second-order valence-corrected chi connectivity index (χ2v) is 5.86. The molecule has 2 aromatic carbocycles. The maximum Gasteiger partial charge on any atom is 0.305 e. The predicted octanol–water partition coefficient (Wildman–Crippen LogP) is 4.20. The number of halogens is 1. The topological polar surface area (TPSA) is 64.3 Å². The third-order valence-electron chi connectivity index (χ3n) is 3.68. The van der Waals surface area contributed by atoms with Gasteiger partial charge in [-0.25, -0.2) is 0 Å². The van der Waals surface area contributed by atoms with Gasteiger partial charge in [-0.15, -0.1) is 0 Å². The van der Waals surface area contributed by atoms with Crippen LogP contribution in [-0.4, -0.2) is 13.1 Å². The molecular formula is C18H21ClN2O2. The van der Waals surface area contributed by atoms with E-state index in [1.807, 2.05) is 42.5 Å². The summed E-state index contributed by atoms with van der Waals surface area (Å²) in [6.45, 7) is 2.05. The lowest BCUT2D eigenvalue weighted by atomic mass is 10.1. The number of nitrogens with one attached hydrogen (secondary N) is 1. The summed E-state index contributed by atoms with van der Waals surface area (Å²) in [5, 5.41) is 4.09. The van der Waals surface area contributed by atoms with Gasteiger partial charge in [0.1, 0.15) is 0 Å². The molecule has 0 saturated heterocycles. The minimum atomic E-state index is -0.222. The van der Waals surface area contributed by atoms with E-state index in [1.54, 1.807) is 0 Å². The van der Waals surface area contributed by atoms with Crippen molar-refractivity contribution in [1.29, 1.82) is 0 Å². The molecule has 0 unspecified atom stereocenters. The minimum Gasteiger partial charge on any atom is -0.469 e. The Morgan fingerprint density at radius 3 is 2.74 bits per heavy atom. The summed E-state index contributed by atoms with van der Waals surface area (Å²) in [5.41, 5.74) is 9.72. The van der Waals surface area contributed by atoms with Crippen LogP contribution < -0.4 is 11.1 Å². The van der Waals surface area contributed by atoms with E-state index in [1.165, 1.54) is 7.11 Å². The quantitative estimate of drug-likeness (QED) is 0.614. The van der Waals surface area contributed by atoms with Crippen LogP contribution in [0.4, 0.5) is 11.4 Å². The Morgan fingerprint density at radius 1 is 1.30 bits per heavy atom. The number of hydrogen-bond donors (Lipinski definition) is 2. The number of rotatable bonds is 6. The molecular weight excluding hydrogens is 312 g/mol. The van der Waals surface area contributed by atoms with Crippen molar-refractivity contribution in [1.82, 2.24) is 0 Å². The van der Waals surface area contributed by atoms with E-state index < -0.39 is 0 Å². The minimum absolute atomic E-state index is 0.0805. The van der Waals surface area contributed by atoms with Gasteiger partial charge in [0.25, 0.3) is 0 Å². The van der Waals surface area contributed by atoms with Crippen LogP contribution in [0.2, 0.25) is 5.02 Å². The van der Waals surface area contributed by atoms with E-state index in [9.17, 15) is 4.79 Å². The SMILES string of the molecule is COC(=O)CCc1ccc(N[C@H](C)c2cccc(Cl)c2)c(N)c1. The number of nitrogens with two attached hydrogens (primary N) is 1. The van der Waals surface area contributed by atoms with Crippen LogP contribution in [0, 0.1) is 0 Å². The van der Waals surface area contributed by atoms with Crippen LogP contribution in [0.3, 0.4) is 0 Å². The van der Waals surface area contributed by atoms with Crippen molar-refractivity contribution in [3.63, 3.8) is 0 Å². The van der Waals surface area contributed by atoms with Crippen molar-refractivity contribution in [3.8, 4) is 0 Å². The summed E-state index contributed by atoms with van der Waals surface area (Å²) < 4.78 is 4.64. The number of nitrogen functional groups attached to an aromatic ring is 1.